The second kappa shape index (κ2) is 8.36. The monoisotopic (exact) mass is 332 g/mol. The van der Waals surface area contributed by atoms with E-state index in [4.69, 9.17) is 0 Å². The van der Waals surface area contributed by atoms with Crippen LogP contribution < -0.4 is 0 Å². The molecule has 132 valence electrons. The van der Waals surface area contributed by atoms with Crippen molar-refractivity contribution in [3.05, 3.63) is 47.1 Å². The minimum Gasteiger partial charge on any atom is -0.507 e. The van der Waals surface area contributed by atoms with E-state index in [1.165, 1.54) is 0 Å². The molecule has 0 bridgehead atoms. The van der Waals surface area contributed by atoms with Crippen molar-refractivity contribution < 1.29 is 14.6 Å². The van der Waals surface area contributed by atoms with Crippen molar-refractivity contribution in [1.29, 1.82) is 0 Å². The Balaban J connectivity index is 2.36. The van der Waals surface area contributed by atoms with Crippen LogP contribution in [0.15, 0.2) is 35.9 Å². The molecule has 0 radical (unpaired) electrons. The number of halogens is 1. The molecule has 3 heteroatoms. The van der Waals surface area contributed by atoms with E-state index in [-0.39, 0.29) is 23.3 Å². The van der Waals surface area contributed by atoms with Gasteiger partial charge in [0.2, 0.25) is 0 Å². The summed E-state index contributed by atoms with van der Waals surface area (Å²) in [6.45, 7) is 7.67. The van der Waals surface area contributed by atoms with Crippen molar-refractivity contribution in [2.75, 3.05) is 6.67 Å². The summed E-state index contributed by atoms with van der Waals surface area (Å²) in [6, 6.07) is 3.50. The SMILES string of the molecule is C=C(C)[C@@H]1CCC(CF)=C[C@H]1c1c(O)cc(CCCCC)cc1O. The zero-order valence-corrected chi connectivity index (χ0v) is 14.8. The average molecular weight is 332 g/mol. The Kier molecular flexibility index (Phi) is 6.47. The third-order valence-corrected chi connectivity index (χ3v) is 5.03. The summed E-state index contributed by atoms with van der Waals surface area (Å²) in [6.07, 6.45) is 7.53. The molecule has 0 fully saturated rings. The van der Waals surface area contributed by atoms with Gasteiger partial charge in [0.1, 0.15) is 18.2 Å². The summed E-state index contributed by atoms with van der Waals surface area (Å²) in [5.41, 5.74) is 3.19. The Labute approximate surface area is 144 Å². The number of benzene rings is 1. The molecule has 2 rings (SSSR count). The highest BCUT2D eigenvalue weighted by Gasteiger charge is 2.30. The van der Waals surface area contributed by atoms with Gasteiger partial charge in [0, 0.05) is 11.5 Å². The van der Waals surface area contributed by atoms with Crippen LogP contribution in [-0.4, -0.2) is 16.9 Å². The maximum atomic E-state index is 13.1. The van der Waals surface area contributed by atoms with Crippen molar-refractivity contribution >= 4 is 0 Å². The summed E-state index contributed by atoms with van der Waals surface area (Å²) in [7, 11) is 0. The lowest BCUT2D eigenvalue weighted by molar-refractivity contribution is 0.399. The Morgan fingerprint density at radius 3 is 2.46 bits per heavy atom. The fraction of sp³-hybridized carbons (Fsp3) is 0.524. The highest BCUT2D eigenvalue weighted by molar-refractivity contribution is 5.52. The summed E-state index contributed by atoms with van der Waals surface area (Å²) in [4.78, 5) is 0. The molecule has 0 saturated carbocycles. The van der Waals surface area contributed by atoms with Gasteiger partial charge < -0.3 is 10.2 Å². The summed E-state index contributed by atoms with van der Waals surface area (Å²) >= 11 is 0. The molecule has 2 N–H and O–H groups in total. The second-order valence-electron chi connectivity index (χ2n) is 6.98. The Hall–Kier alpha value is -1.77. The van der Waals surface area contributed by atoms with E-state index >= 15 is 0 Å². The van der Waals surface area contributed by atoms with Crippen LogP contribution in [0.1, 0.15) is 63.0 Å². The number of hydrogen-bond acceptors (Lipinski definition) is 2. The number of phenols is 2. The third kappa shape index (κ3) is 4.19. The number of aryl methyl sites for hydroxylation is 1. The van der Waals surface area contributed by atoms with Crippen LogP contribution in [0.3, 0.4) is 0 Å². The van der Waals surface area contributed by atoms with Crippen LogP contribution in [0.2, 0.25) is 0 Å². The van der Waals surface area contributed by atoms with Crippen LogP contribution in [0.4, 0.5) is 4.39 Å². The number of rotatable bonds is 7. The average Bonchev–Trinajstić information content (AvgIpc) is 2.54. The molecule has 0 aromatic heterocycles. The van der Waals surface area contributed by atoms with E-state index < -0.39 is 6.67 Å². The van der Waals surface area contributed by atoms with Gasteiger partial charge in [-0.2, -0.15) is 0 Å². The minimum absolute atomic E-state index is 0.106. The van der Waals surface area contributed by atoms with Crippen molar-refractivity contribution in [2.45, 2.75) is 58.3 Å². The molecule has 0 amide bonds. The first-order valence-corrected chi connectivity index (χ1v) is 8.93. The van der Waals surface area contributed by atoms with Gasteiger partial charge in [-0.1, -0.05) is 38.0 Å². The van der Waals surface area contributed by atoms with Crippen LogP contribution in [-0.2, 0) is 6.42 Å². The molecule has 0 aliphatic heterocycles. The zero-order chi connectivity index (χ0) is 17.7. The molecule has 0 heterocycles. The van der Waals surface area contributed by atoms with Gasteiger partial charge in [-0.25, -0.2) is 4.39 Å². The Morgan fingerprint density at radius 1 is 1.25 bits per heavy atom. The number of alkyl halides is 1. The van der Waals surface area contributed by atoms with E-state index in [2.05, 4.69) is 13.5 Å². The maximum Gasteiger partial charge on any atom is 0.123 e. The largest absolute Gasteiger partial charge is 0.507 e. The number of hydrogen-bond donors (Lipinski definition) is 2. The van der Waals surface area contributed by atoms with Crippen molar-refractivity contribution in [1.82, 2.24) is 0 Å². The van der Waals surface area contributed by atoms with E-state index in [0.717, 1.165) is 48.8 Å². The van der Waals surface area contributed by atoms with E-state index in [1.54, 1.807) is 12.1 Å². The second-order valence-corrected chi connectivity index (χ2v) is 6.98. The lowest BCUT2D eigenvalue weighted by Gasteiger charge is -2.31. The highest BCUT2D eigenvalue weighted by Crippen LogP contribution is 2.46. The fourth-order valence-corrected chi connectivity index (χ4v) is 3.67. The lowest BCUT2D eigenvalue weighted by atomic mass is 9.73. The Morgan fingerprint density at radius 2 is 1.92 bits per heavy atom. The van der Waals surface area contributed by atoms with Gasteiger partial charge in [-0.15, -0.1) is 0 Å². The minimum atomic E-state index is -0.476. The van der Waals surface area contributed by atoms with Crippen LogP contribution >= 0.6 is 0 Å². The first-order valence-electron chi connectivity index (χ1n) is 8.93. The van der Waals surface area contributed by atoms with E-state index in [9.17, 15) is 14.6 Å². The van der Waals surface area contributed by atoms with Gasteiger partial charge in [-0.3, -0.25) is 0 Å². The van der Waals surface area contributed by atoms with Gasteiger partial charge in [0.15, 0.2) is 0 Å². The van der Waals surface area contributed by atoms with Crippen LogP contribution in [0.25, 0.3) is 0 Å². The maximum absolute atomic E-state index is 13.1. The van der Waals surface area contributed by atoms with Crippen LogP contribution in [0.5, 0.6) is 11.5 Å². The molecule has 1 aliphatic rings. The molecular formula is C21H29FO2. The molecule has 24 heavy (non-hydrogen) atoms. The van der Waals surface area contributed by atoms with Crippen molar-refractivity contribution in [3.63, 3.8) is 0 Å². The summed E-state index contributed by atoms with van der Waals surface area (Å²) in [5, 5.41) is 21.1. The molecule has 0 saturated heterocycles. The first-order chi connectivity index (χ1) is 11.5. The molecule has 0 spiro atoms. The topological polar surface area (TPSA) is 40.5 Å². The van der Waals surface area contributed by atoms with Crippen LogP contribution in [0, 0.1) is 5.92 Å². The smallest absolute Gasteiger partial charge is 0.123 e. The van der Waals surface area contributed by atoms with Gasteiger partial charge >= 0.3 is 0 Å². The quantitative estimate of drug-likeness (QED) is 0.489. The van der Waals surface area contributed by atoms with E-state index in [1.807, 2.05) is 13.0 Å². The molecular weight excluding hydrogens is 303 g/mol. The predicted octanol–water partition coefficient (Wildman–Crippen LogP) is 5.80. The van der Waals surface area contributed by atoms with Crippen molar-refractivity contribution in [2.24, 2.45) is 5.92 Å². The first kappa shape index (κ1) is 18.6. The number of allylic oxidation sites excluding steroid dienone is 3. The number of aromatic hydroxyl groups is 2. The van der Waals surface area contributed by atoms with Crippen molar-refractivity contribution in [3.8, 4) is 11.5 Å². The van der Waals surface area contributed by atoms with E-state index in [0.29, 0.717) is 12.0 Å². The standard InChI is InChI=1S/C21H29FO2/c1-4-5-6-7-15-11-19(23)21(20(24)12-15)18-10-16(13-22)8-9-17(18)14(2)3/h10-12,17-18,23-24H,2,4-9,13H2,1,3H3/t17-,18+/m0/s1. The zero-order valence-electron chi connectivity index (χ0n) is 14.8. The normalized spacial score (nSPS) is 20.7. The molecule has 1 aromatic rings. The fourth-order valence-electron chi connectivity index (χ4n) is 3.67. The molecule has 2 atom stereocenters. The summed E-state index contributed by atoms with van der Waals surface area (Å²) in [5.74, 6) is 0.109. The third-order valence-electron chi connectivity index (χ3n) is 5.03. The Bertz CT molecular complexity index is 595. The molecule has 1 aliphatic carbocycles. The number of unbranched alkanes of at least 4 members (excludes halogenated alkanes) is 2. The van der Waals surface area contributed by atoms with Gasteiger partial charge in [0.25, 0.3) is 0 Å². The number of phenolic OH excluding ortho intramolecular Hbond substituents is 2. The van der Waals surface area contributed by atoms with Gasteiger partial charge in [0.05, 0.1) is 0 Å². The lowest BCUT2D eigenvalue weighted by Crippen LogP contribution is -2.18. The summed E-state index contributed by atoms with van der Waals surface area (Å²) < 4.78 is 13.1. The molecule has 1 aromatic carbocycles. The molecule has 0 unspecified atom stereocenters. The van der Waals surface area contributed by atoms with Gasteiger partial charge in [-0.05, 0) is 61.8 Å². The predicted molar refractivity (Wildman–Crippen MR) is 97.3 cm³/mol. The molecule has 2 nitrogen and oxygen atoms in total. The highest BCUT2D eigenvalue weighted by atomic mass is 19.1.